The van der Waals surface area contributed by atoms with Crippen molar-refractivity contribution in [2.75, 3.05) is 0 Å². The highest BCUT2D eigenvalue weighted by Crippen LogP contribution is 2.46. The van der Waals surface area contributed by atoms with Gasteiger partial charge in [0.2, 0.25) is 0 Å². The Morgan fingerprint density at radius 2 is 1.12 bits per heavy atom. The van der Waals surface area contributed by atoms with Crippen molar-refractivity contribution in [3.63, 3.8) is 0 Å². The molecule has 0 radical (unpaired) electrons. The molecular formula is C16H34. The molecule has 0 aromatic rings. The van der Waals surface area contributed by atoms with Gasteiger partial charge in [-0.05, 0) is 23.7 Å². The zero-order valence-electron chi connectivity index (χ0n) is 12.7. The molecule has 0 fully saturated rings. The van der Waals surface area contributed by atoms with E-state index < -0.39 is 0 Å². The third kappa shape index (κ3) is 5.37. The summed E-state index contributed by atoms with van der Waals surface area (Å²) >= 11 is 0. The van der Waals surface area contributed by atoms with Crippen molar-refractivity contribution in [2.24, 2.45) is 10.8 Å². The van der Waals surface area contributed by atoms with Crippen LogP contribution in [0.2, 0.25) is 0 Å². The third-order valence-corrected chi connectivity index (χ3v) is 4.47. The number of hydrogen-bond acceptors (Lipinski definition) is 0. The fourth-order valence-electron chi connectivity index (χ4n) is 2.38. The van der Waals surface area contributed by atoms with Crippen LogP contribution in [0.3, 0.4) is 0 Å². The molecule has 0 heterocycles. The lowest BCUT2D eigenvalue weighted by molar-refractivity contribution is 0.0784. The summed E-state index contributed by atoms with van der Waals surface area (Å²) in [4.78, 5) is 0. The van der Waals surface area contributed by atoms with Crippen molar-refractivity contribution < 1.29 is 0 Å². The van der Waals surface area contributed by atoms with Crippen LogP contribution in [0.15, 0.2) is 0 Å². The zero-order chi connectivity index (χ0) is 12.7. The summed E-state index contributed by atoms with van der Waals surface area (Å²) in [5, 5.41) is 0. The van der Waals surface area contributed by atoms with Crippen LogP contribution >= 0.6 is 0 Å². The molecule has 0 aliphatic rings. The Hall–Kier alpha value is 0. The third-order valence-electron chi connectivity index (χ3n) is 4.47. The Morgan fingerprint density at radius 3 is 1.56 bits per heavy atom. The van der Waals surface area contributed by atoms with Gasteiger partial charge in [-0.25, -0.2) is 0 Å². The average Bonchev–Trinajstić information content (AvgIpc) is 2.20. The SMILES string of the molecule is CCCCCCC(C)(CCCC)C(C)(C)C. The molecule has 1 unspecified atom stereocenters. The lowest BCUT2D eigenvalue weighted by Gasteiger charge is -2.43. The molecular weight excluding hydrogens is 192 g/mol. The van der Waals surface area contributed by atoms with E-state index >= 15 is 0 Å². The van der Waals surface area contributed by atoms with Crippen LogP contribution in [0.5, 0.6) is 0 Å². The van der Waals surface area contributed by atoms with E-state index in [-0.39, 0.29) is 0 Å². The molecule has 0 rings (SSSR count). The van der Waals surface area contributed by atoms with Gasteiger partial charge in [0.05, 0.1) is 0 Å². The topological polar surface area (TPSA) is 0 Å². The van der Waals surface area contributed by atoms with Gasteiger partial charge in [0.15, 0.2) is 0 Å². The maximum atomic E-state index is 2.51. The van der Waals surface area contributed by atoms with Crippen LogP contribution in [0.25, 0.3) is 0 Å². The lowest BCUT2D eigenvalue weighted by atomic mass is 9.63. The van der Waals surface area contributed by atoms with E-state index in [1.54, 1.807) is 0 Å². The summed E-state index contributed by atoms with van der Waals surface area (Å²) in [6.07, 6.45) is 11.1. The first-order valence-corrected chi connectivity index (χ1v) is 7.37. The monoisotopic (exact) mass is 226 g/mol. The summed E-state index contributed by atoms with van der Waals surface area (Å²) in [5.41, 5.74) is 0.991. The minimum atomic E-state index is 0.453. The zero-order valence-corrected chi connectivity index (χ0v) is 12.7. The van der Waals surface area contributed by atoms with Crippen LogP contribution in [0, 0.1) is 10.8 Å². The van der Waals surface area contributed by atoms with Crippen LogP contribution in [-0.2, 0) is 0 Å². The summed E-state index contributed by atoms with van der Waals surface area (Å²) < 4.78 is 0. The van der Waals surface area contributed by atoms with E-state index in [4.69, 9.17) is 0 Å². The van der Waals surface area contributed by atoms with Crippen LogP contribution in [0.4, 0.5) is 0 Å². The van der Waals surface area contributed by atoms with Gasteiger partial charge in [-0.15, -0.1) is 0 Å². The normalized spacial score (nSPS) is 16.1. The maximum absolute atomic E-state index is 2.51. The average molecular weight is 226 g/mol. The summed E-state index contributed by atoms with van der Waals surface area (Å²) in [6, 6.07) is 0. The molecule has 0 aromatic carbocycles. The van der Waals surface area contributed by atoms with Gasteiger partial charge >= 0.3 is 0 Å². The van der Waals surface area contributed by atoms with E-state index in [2.05, 4.69) is 41.5 Å². The van der Waals surface area contributed by atoms with Gasteiger partial charge in [-0.2, -0.15) is 0 Å². The minimum absolute atomic E-state index is 0.453. The van der Waals surface area contributed by atoms with Gasteiger partial charge in [-0.3, -0.25) is 0 Å². The fraction of sp³-hybridized carbons (Fsp3) is 1.00. The predicted octanol–water partition coefficient (Wildman–Crippen LogP) is 6.20. The van der Waals surface area contributed by atoms with E-state index in [1.165, 1.54) is 51.4 Å². The molecule has 0 nitrogen and oxygen atoms in total. The molecule has 0 bridgehead atoms. The molecule has 0 aliphatic carbocycles. The Bertz CT molecular complexity index is 163. The van der Waals surface area contributed by atoms with Gasteiger partial charge in [0.1, 0.15) is 0 Å². The molecule has 1 atom stereocenters. The summed E-state index contributed by atoms with van der Waals surface area (Å²) in [6.45, 7) is 14.4. The van der Waals surface area contributed by atoms with Crippen LogP contribution in [0.1, 0.15) is 92.9 Å². The molecule has 0 saturated heterocycles. The Kier molecular flexibility index (Phi) is 7.35. The quantitative estimate of drug-likeness (QED) is 0.432. The van der Waals surface area contributed by atoms with Gasteiger partial charge in [0.25, 0.3) is 0 Å². The minimum Gasteiger partial charge on any atom is -0.0654 e. The van der Waals surface area contributed by atoms with Crippen molar-refractivity contribution in [3.8, 4) is 0 Å². The first kappa shape index (κ1) is 16.0. The fourth-order valence-corrected chi connectivity index (χ4v) is 2.38. The Labute approximate surface area is 104 Å². The number of unbranched alkanes of at least 4 members (excludes halogenated alkanes) is 4. The molecule has 0 saturated carbocycles. The van der Waals surface area contributed by atoms with E-state index in [0.717, 1.165) is 0 Å². The van der Waals surface area contributed by atoms with E-state index in [9.17, 15) is 0 Å². The van der Waals surface area contributed by atoms with Crippen molar-refractivity contribution in [3.05, 3.63) is 0 Å². The molecule has 0 aromatic heterocycles. The van der Waals surface area contributed by atoms with Crippen molar-refractivity contribution >= 4 is 0 Å². The molecule has 98 valence electrons. The predicted molar refractivity (Wildman–Crippen MR) is 75.8 cm³/mol. The van der Waals surface area contributed by atoms with Gasteiger partial charge in [-0.1, -0.05) is 80.1 Å². The van der Waals surface area contributed by atoms with Crippen LogP contribution < -0.4 is 0 Å². The second-order valence-corrected chi connectivity index (χ2v) is 6.72. The molecule has 0 heteroatoms. The van der Waals surface area contributed by atoms with E-state index in [1.807, 2.05) is 0 Å². The summed E-state index contributed by atoms with van der Waals surface area (Å²) in [7, 11) is 0. The smallest absolute Gasteiger partial charge is 0.0277 e. The Morgan fingerprint density at radius 1 is 0.625 bits per heavy atom. The first-order chi connectivity index (χ1) is 7.37. The maximum Gasteiger partial charge on any atom is -0.0277 e. The molecule has 16 heavy (non-hydrogen) atoms. The molecule has 0 aliphatic heterocycles. The van der Waals surface area contributed by atoms with Gasteiger partial charge < -0.3 is 0 Å². The van der Waals surface area contributed by atoms with Crippen molar-refractivity contribution in [1.29, 1.82) is 0 Å². The van der Waals surface area contributed by atoms with Crippen LogP contribution in [-0.4, -0.2) is 0 Å². The van der Waals surface area contributed by atoms with Crippen molar-refractivity contribution in [1.82, 2.24) is 0 Å². The van der Waals surface area contributed by atoms with E-state index in [0.29, 0.717) is 10.8 Å². The lowest BCUT2D eigenvalue weighted by Crippen LogP contribution is -2.32. The highest BCUT2D eigenvalue weighted by Gasteiger charge is 2.35. The number of rotatable bonds is 8. The molecule has 0 spiro atoms. The largest absolute Gasteiger partial charge is 0.0654 e. The standard InChI is InChI=1S/C16H34/c1-7-9-11-12-14-16(6,13-10-8-2)15(3,4)5/h7-14H2,1-6H3. The second-order valence-electron chi connectivity index (χ2n) is 6.72. The molecule has 0 N–H and O–H groups in total. The van der Waals surface area contributed by atoms with Crippen molar-refractivity contribution in [2.45, 2.75) is 92.9 Å². The molecule has 0 amide bonds. The van der Waals surface area contributed by atoms with Gasteiger partial charge in [0, 0.05) is 0 Å². The second kappa shape index (κ2) is 7.35. The summed E-state index contributed by atoms with van der Waals surface area (Å²) in [5.74, 6) is 0. The first-order valence-electron chi connectivity index (χ1n) is 7.37. The number of hydrogen-bond donors (Lipinski definition) is 0. The Balaban J connectivity index is 4.20. The highest BCUT2D eigenvalue weighted by atomic mass is 14.4. The highest BCUT2D eigenvalue weighted by molar-refractivity contribution is 4.86.